The lowest BCUT2D eigenvalue weighted by Gasteiger charge is -2.22. The fourth-order valence-electron chi connectivity index (χ4n) is 3.51. The monoisotopic (exact) mass is 403 g/mol. The molecule has 0 bridgehead atoms. The number of aryl methyl sites for hydroxylation is 3. The number of amides is 1. The summed E-state index contributed by atoms with van der Waals surface area (Å²) < 4.78 is 7.22. The third kappa shape index (κ3) is 5.26. The number of hydrogen-bond donors (Lipinski definition) is 0. The molecule has 0 spiro atoms. The molecular weight excluding hydrogens is 378 g/mol. The van der Waals surface area contributed by atoms with Crippen molar-refractivity contribution in [3.05, 3.63) is 65.9 Å². The van der Waals surface area contributed by atoms with Gasteiger partial charge in [-0.2, -0.15) is 5.26 Å². The standard InChI is InChI=1S/C24H25N3O3/c1-18-14-19(2)16-21(15-18)27(11-5-10-25)23(28)17-30-24(29)9-13-26-12-8-20-6-3-4-7-22(20)26/h3-4,6-8,12,14-16H,5,9,11,13,17H2,1-2H3. The predicted molar refractivity (Wildman–Crippen MR) is 116 cm³/mol. The smallest absolute Gasteiger partial charge is 0.308 e. The fourth-order valence-corrected chi connectivity index (χ4v) is 3.51. The molecule has 0 aliphatic rings. The van der Waals surface area contributed by atoms with Crippen LogP contribution in [0, 0.1) is 25.2 Å². The van der Waals surface area contributed by atoms with Gasteiger partial charge in [-0.3, -0.25) is 9.59 Å². The number of carbonyl (C=O) groups is 2. The van der Waals surface area contributed by atoms with Crippen LogP contribution in [0.3, 0.4) is 0 Å². The first-order chi connectivity index (χ1) is 14.5. The van der Waals surface area contributed by atoms with Crippen molar-refractivity contribution in [2.45, 2.75) is 33.2 Å². The normalized spacial score (nSPS) is 10.6. The van der Waals surface area contributed by atoms with E-state index in [0.29, 0.717) is 12.2 Å². The summed E-state index contributed by atoms with van der Waals surface area (Å²) in [7, 11) is 0. The third-order valence-electron chi connectivity index (χ3n) is 4.86. The number of carbonyl (C=O) groups excluding carboxylic acids is 2. The zero-order valence-electron chi connectivity index (χ0n) is 17.3. The Labute approximate surface area is 176 Å². The number of fused-ring (bicyclic) bond motifs is 1. The van der Waals surface area contributed by atoms with Gasteiger partial charge in [0.2, 0.25) is 0 Å². The third-order valence-corrected chi connectivity index (χ3v) is 4.86. The average molecular weight is 403 g/mol. The van der Waals surface area contributed by atoms with Gasteiger partial charge in [0, 0.05) is 30.5 Å². The Kier molecular flexibility index (Phi) is 6.87. The summed E-state index contributed by atoms with van der Waals surface area (Å²) in [6.07, 6.45) is 2.31. The van der Waals surface area contributed by atoms with Crippen LogP contribution in [0.25, 0.3) is 10.9 Å². The number of anilines is 1. The van der Waals surface area contributed by atoms with E-state index in [4.69, 9.17) is 10.00 Å². The molecule has 30 heavy (non-hydrogen) atoms. The number of para-hydroxylation sites is 1. The molecule has 0 aliphatic heterocycles. The highest BCUT2D eigenvalue weighted by atomic mass is 16.5. The highest BCUT2D eigenvalue weighted by Gasteiger charge is 2.18. The summed E-state index contributed by atoms with van der Waals surface area (Å²) in [6.45, 7) is 4.30. The molecule has 2 aromatic carbocycles. The zero-order chi connectivity index (χ0) is 21.5. The maximum absolute atomic E-state index is 12.7. The first kappa shape index (κ1) is 21.1. The minimum absolute atomic E-state index is 0.174. The number of nitriles is 1. The van der Waals surface area contributed by atoms with Crippen LogP contribution in [0.15, 0.2) is 54.7 Å². The summed E-state index contributed by atoms with van der Waals surface area (Å²) in [4.78, 5) is 26.4. The average Bonchev–Trinajstić information content (AvgIpc) is 3.13. The largest absolute Gasteiger partial charge is 0.455 e. The first-order valence-electron chi connectivity index (χ1n) is 9.93. The number of aromatic nitrogens is 1. The lowest BCUT2D eigenvalue weighted by atomic mass is 10.1. The van der Waals surface area contributed by atoms with Crippen LogP contribution >= 0.6 is 0 Å². The van der Waals surface area contributed by atoms with Crippen molar-refractivity contribution in [3.63, 3.8) is 0 Å². The maximum atomic E-state index is 12.7. The highest BCUT2D eigenvalue weighted by molar-refractivity contribution is 5.95. The van der Waals surface area contributed by atoms with Crippen LogP contribution in [0.1, 0.15) is 24.0 Å². The van der Waals surface area contributed by atoms with Gasteiger partial charge in [0.15, 0.2) is 6.61 Å². The van der Waals surface area contributed by atoms with Crippen LogP contribution in [-0.4, -0.2) is 29.6 Å². The number of benzene rings is 2. The summed E-state index contributed by atoms with van der Waals surface area (Å²) in [5, 5.41) is 10.0. The fraction of sp³-hybridized carbons (Fsp3) is 0.292. The van der Waals surface area contributed by atoms with Gasteiger partial charge < -0.3 is 14.2 Å². The van der Waals surface area contributed by atoms with Crippen molar-refractivity contribution in [1.82, 2.24) is 4.57 Å². The molecule has 6 nitrogen and oxygen atoms in total. The Morgan fingerprint density at radius 1 is 1.10 bits per heavy atom. The minimum atomic E-state index is -0.429. The number of nitrogens with zero attached hydrogens (tertiary/aromatic N) is 3. The lowest BCUT2D eigenvalue weighted by molar-refractivity contribution is -0.148. The van der Waals surface area contributed by atoms with E-state index in [0.717, 1.165) is 22.0 Å². The molecule has 0 atom stereocenters. The maximum Gasteiger partial charge on any atom is 0.308 e. The Morgan fingerprint density at radius 2 is 1.83 bits per heavy atom. The molecule has 0 aliphatic carbocycles. The molecule has 154 valence electrons. The van der Waals surface area contributed by atoms with Crippen molar-refractivity contribution in [2.75, 3.05) is 18.1 Å². The number of hydrogen-bond acceptors (Lipinski definition) is 4. The number of esters is 1. The van der Waals surface area contributed by atoms with E-state index in [1.807, 2.05) is 73.1 Å². The second-order valence-corrected chi connectivity index (χ2v) is 7.28. The molecule has 0 saturated heterocycles. The zero-order valence-corrected chi connectivity index (χ0v) is 17.3. The van der Waals surface area contributed by atoms with Crippen LogP contribution in [0.4, 0.5) is 5.69 Å². The van der Waals surface area contributed by atoms with E-state index in [1.165, 1.54) is 4.90 Å². The molecular formula is C24H25N3O3. The Hall–Kier alpha value is -3.59. The quantitative estimate of drug-likeness (QED) is 0.530. The van der Waals surface area contributed by atoms with Crippen molar-refractivity contribution in [2.24, 2.45) is 0 Å². The summed E-state index contributed by atoms with van der Waals surface area (Å²) >= 11 is 0. The Morgan fingerprint density at radius 3 is 2.57 bits per heavy atom. The molecule has 6 heteroatoms. The SMILES string of the molecule is Cc1cc(C)cc(N(CCC#N)C(=O)COC(=O)CCn2ccc3ccccc32)c1. The van der Waals surface area contributed by atoms with Crippen LogP contribution in [0.5, 0.6) is 0 Å². The van der Waals surface area contributed by atoms with Gasteiger partial charge >= 0.3 is 5.97 Å². The molecule has 3 rings (SSSR count). The van der Waals surface area contributed by atoms with Gasteiger partial charge in [-0.15, -0.1) is 0 Å². The minimum Gasteiger partial charge on any atom is -0.455 e. The van der Waals surface area contributed by atoms with Gasteiger partial charge in [0.05, 0.1) is 18.9 Å². The molecule has 0 fully saturated rings. The second-order valence-electron chi connectivity index (χ2n) is 7.28. The summed E-state index contributed by atoms with van der Waals surface area (Å²) in [6, 6.07) is 17.8. The van der Waals surface area contributed by atoms with Gasteiger partial charge in [-0.25, -0.2) is 0 Å². The summed E-state index contributed by atoms with van der Waals surface area (Å²) in [5.41, 5.74) is 3.81. The van der Waals surface area contributed by atoms with E-state index in [-0.39, 0.29) is 31.9 Å². The Balaban J connectivity index is 1.58. The van der Waals surface area contributed by atoms with Gasteiger partial charge in [0.1, 0.15) is 0 Å². The van der Waals surface area contributed by atoms with E-state index in [2.05, 4.69) is 6.07 Å². The Bertz CT molecular complexity index is 1070. The van der Waals surface area contributed by atoms with Crippen molar-refractivity contribution in [3.8, 4) is 6.07 Å². The van der Waals surface area contributed by atoms with Crippen LogP contribution in [0.2, 0.25) is 0 Å². The van der Waals surface area contributed by atoms with E-state index in [1.54, 1.807) is 0 Å². The molecule has 1 heterocycles. The lowest BCUT2D eigenvalue weighted by Crippen LogP contribution is -2.35. The molecule has 0 N–H and O–H groups in total. The van der Waals surface area contributed by atoms with Gasteiger partial charge in [0.25, 0.3) is 5.91 Å². The first-order valence-corrected chi connectivity index (χ1v) is 9.93. The van der Waals surface area contributed by atoms with Crippen LogP contribution < -0.4 is 4.90 Å². The molecule has 3 aromatic rings. The predicted octanol–water partition coefficient (Wildman–Crippen LogP) is 4.14. The van der Waals surface area contributed by atoms with E-state index in [9.17, 15) is 9.59 Å². The van der Waals surface area contributed by atoms with Crippen molar-refractivity contribution < 1.29 is 14.3 Å². The van der Waals surface area contributed by atoms with Gasteiger partial charge in [-0.05, 0) is 54.6 Å². The molecule has 0 saturated carbocycles. The number of rotatable bonds is 8. The van der Waals surface area contributed by atoms with Crippen LogP contribution in [-0.2, 0) is 20.9 Å². The van der Waals surface area contributed by atoms with Gasteiger partial charge in [-0.1, -0.05) is 24.3 Å². The molecule has 1 amide bonds. The number of ether oxygens (including phenoxy) is 1. The molecule has 0 radical (unpaired) electrons. The highest BCUT2D eigenvalue weighted by Crippen LogP contribution is 2.20. The second kappa shape index (κ2) is 9.75. The summed E-state index contributed by atoms with van der Waals surface area (Å²) in [5.74, 6) is -0.767. The van der Waals surface area contributed by atoms with Crippen molar-refractivity contribution in [1.29, 1.82) is 5.26 Å². The van der Waals surface area contributed by atoms with E-state index >= 15 is 0 Å². The van der Waals surface area contributed by atoms with E-state index < -0.39 is 5.97 Å². The molecule has 0 unspecified atom stereocenters. The van der Waals surface area contributed by atoms with Crippen molar-refractivity contribution >= 4 is 28.5 Å². The molecule has 1 aromatic heterocycles. The topological polar surface area (TPSA) is 75.3 Å².